The average molecular weight is 291 g/mol. The smallest absolute Gasteiger partial charge is 0.109 e. The van der Waals surface area contributed by atoms with Gasteiger partial charge in [0.05, 0.1) is 18.8 Å². The number of likely N-dealkylation sites (tertiary alicyclic amines) is 1. The molecule has 0 radical (unpaired) electrons. The maximum atomic E-state index is 5.69. The second kappa shape index (κ2) is 5.27. The minimum absolute atomic E-state index is 0.382. The topological polar surface area (TPSA) is 12.5 Å². The molecule has 3 rings (SSSR count). The molecule has 2 heterocycles. The van der Waals surface area contributed by atoms with E-state index >= 15 is 0 Å². The largest absolute Gasteiger partial charge is 0.377 e. The number of hydrogen-bond donors (Lipinski definition) is 0. The molecule has 3 fully saturated rings. The van der Waals surface area contributed by atoms with Gasteiger partial charge < -0.3 is 4.74 Å². The highest BCUT2D eigenvalue weighted by atomic mass is 16.5. The van der Waals surface area contributed by atoms with Crippen LogP contribution in [0, 0.1) is 17.3 Å². The Morgan fingerprint density at radius 2 is 1.86 bits per heavy atom. The summed E-state index contributed by atoms with van der Waals surface area (Å²) in [6, 6.07) is 0. The zero-order chi connectivity index (χ0) is 15.3. The average Bonchev–Trinajstić information content (AvgIpc) is 2.32. The first-order valence-corrected chi connectivity index (χ1v) is 9.03. The SMILES string of the molecule is BC1(C)CCCC2C(CCN(C)C23COC3)CC(C)(C)C1. The third kappa shape index (κ3) is 2.93. The highest BCUT2D eigenvalue weighted by Gasteiger charge is 2.54. The Bertz CT molecular complexity index is 389. The van der Waals surface area contributed by atoms with Crippen molar-refractivity contribution in [2.75, 3.05) is 26.8 Å². The van der Waals surface area contributed by atoms with Crippen molar-refractivity contribution in [3.63, 3.8) is 0 Å². The molecule has 3 heteroatoms. The van der Waals surface area contributed by atoms with Crippen molar-refractivity contribution < 1.29 is 4.74 Å². The Morgan fingerprint density at radius 1 is 1.14 bits per heavy atom. The first-order chi connectivity index (χ1) is 9.74. The van der Waals surface area contributed by atoms with Gasteiger partial charge in [-0.15, -0.1) is 0 Å². The summed E-state index contributed by atoms with van der Waals surface area (Å²) in [5.74, 6) is 1.77. The van der Waals surface area contributed by atoms with Crippen LogP contribution in [-0.2, 0) is 4.74 Å². The van der Waals surface area contributed by atoms with E-state index < -0.39 is 0 Å². The molecule has 0 N–H and O–H groups in total. The molecule has 0 aromatic rings. The van der Waals surface area contributed by atoms with E-state index in [0.29, 0.717) is 16.3 Å². The summed E-state index contributed by atoms with van der Waals surface area (Å²) in [6.07, 6.45) is 8.39. The Labute approximate surface area is 132 Å². The number of piperidine rings is 1. The summed E-state index contributed by atoms with van der Waals surface area (Å²) in [4.78, 5) is 2.63. The van der Waals surface area contributed by atoms with E-state index in [2.05, 4.69) is 40.6 Å². The van der Waals surface area contributed by atoms with Crippen LogP contribution in [0.3, 0.4) is 0 Å². The molecule has 21 heavy (non-hydrogen) atoms. The molecule has 0 bridgehead atoms. The summed E-state index contributed by atoms with van der Waals surface area (Å²) < 4.78 is 5.69. The lowest BCUT2D eigenvalue weighted by Gasteiger charge is -2.59. The first kappa shape index (κ1) is 15.9. The monoisotopic (exact) mass is 291 g/mol. The third-order valence-electron chi connectivity index (χ3n) is 6.70. The van der Waals surface area contributed by atoms with E-state index in [1.54, 1.807) is 0 Å². The molecule has 3 unspecified atom stereocenters. The Kier molecular flexibility index (Phi) is 3.98. The van der Waals surface area contributed by atoms with Crippen LogP contribution >= 0.6 is 0 Å². The highest BCUT2D eigenvalue weighted by Crippen LogP contribution is 2.53. The first-order valence-electron chi connectivity index (χ1n) is 9.03. The number of likely N-dealkylation sites (N-methyl/N-ethyl adjacent to an activating group) is 1. The van der Waals surface area contributed by atoms with Crippen molar-refractivity contribution in [3.8, 4) is 0 Å². The van der Waals surface area contributed by atoms with Crippen LogP contribution in [0.25, 0.3) is 0 Å². The summed E-state index contributed by atoms with van der Waals surface area (Å²) in [5.41, 5.74) is 0.867. The molecular weight excluding hydrogens is 257 g/mol. The Balaban J connectivity index is 1.85. The lowest BCUT2D eigenvalue weighted by Crippen LogP contribution is -2.69. The fourth-order valence-corrected chi connectivity index (χ4v) is 5.97. The van der Waals surface area contributed by atoms with Crippen LogP contribution in [0.2, 0.25) is 5.31 Å². The Hall–Kier alpha value is -0.0151. The van der Waals surface area contributed by atoms with Crippen LogP contribution in [0.15, 0.2) is 0 Å². The molecule has 2 nitrogen and oxygen atoms in total. The molecule has 3 atom stereocenters. The lowest BCUT2D eigenvalue weighted by atomic mass is 9.58. The maximum Gasteiger partial charge on any atom is 0.109 e. The molecule has 2 saturated heterocycles. The van der Waals surface area contributed by atoms with Crippen molar-refractivity contribution in [1.29, 1.82) is 0 Å². The molecule has 0 amide bonds. The molecule has 0 aromatic heterocycles. The predicted octanol–water partition coefficient (Wildman–Crippen LogP) is 3.13. The molecule has 120 valence electrons. The number of hydrogen-bond acceptors (Lipinski definition) is 2. The fraction of sp³-hybridized carbons (Fsp3) is 1.00. The molecule has 1 spiro atoms. The second-order valence-corrected chi connectivity index (χ2v) is 9.77. The van der Waals surface area contributed by atoms with Crippen LogP contribution in [0.1, 0.15) is 59.3 Å². The van der Waals surface area contributed by atoms with Crippen molar-refractivity contribution in [2.45, 2.75) is 70.1 Å². The number of fused-ring (bicyclic) bond motifs is 2. The van der Waals surface area contributed by atoms with Gasteiger partial charge in [-0.05, 0) is 56.5 Å². The van der Waals surface area contributed by atoms with Gasteiger partial charge in [0.25, 0.3) is 0 Å². The van der Waals surface area contributed by atoms with E-state index in [1.165, 1.54) is 45.1 Å². The van der Waals surface area contributed by atoms with E-state index in [9.17, 15) is 0 Å². The van der Waals surface area contributed by atoms with Gasteiger partial charge in [-0.2, -0.15) is 0 Å². The standard InChI is InChI=1S/C18H34BNO/c1-16(2)10-14-7-9-20(4)18(12-21-13-18)15(14)6-5-8-17(3,19)11-16/h14-15H,5-13,19H2,1-4H3. The van der Waals surface area contributed by atoms with Gasteiger partial charge in [0.1, 0.15) is 7.85 Å². The third-order valence-corrected chi connectivity index (χ3v) is 6.70. The van der Waals surface area contributed by atoms with E-state index in [4.69, 9.17) is 4.74 Å². The second-order valence-electron chi connectivity index (χ2n) is 9.77. The molecule has 0 aromatic carbocycles. The fourth-order valence-electron chi connectivity index (χ4n) is 5.97. The minimum atomic E-state index is 0.382. The van der Waals surface area contributed by atoms with Crippen molar-refractivity contribution in [3.05, 3.63) is 0 Å². The quantitative estimate of drug-likeness (QED) is 0.636. The van der Waals surface area contributed by atoms with Crippen LogP contribution in [0.4, 0.5) is 0 Å². The zero-order valence-corrected chi connectivity index (χ0v) is 14.9. The zero-order valence-electron chi connectivity index (χ0n) is 14.9. The van der Waals surface area contributed by atoms with Gasteiger partial charge in [-0.1, -0.05) is 38.9 Å². The molecule has 1 aliphatic carbocycles. The minimum Gasteiger partial charge on any atom is -0.377 e. The van der Waals surface area contributed by atoms with Crippen molar-refractivity contribution >= 4 is 7.85 Å². The molecule has 2 aliphatic heterocycles. The highest BCUT2D eigenvalue weighted by molar-refractivity contribution is 6.14. The normalized spacial score (nSPS) is 43.2. The van der Waals surface area contributed by atoms with E-state index in [1.807, 2.05) is 0 Å². The summed E-state index contributed by atoms with van der Waals surface area (Å²) >= 11 is 0. The van der Waals surface area contributed by atoms with Gasteiger partial charge in [0.15, 0.2) is 0 Å². The van der Waals surface area contributed by atoms with E-state index in [0.717, 1.165) is 25.0 Å². The molecule has 3 aliphatic rings. The van der Waals surface area contributed by atoms with Crippen molar-refractivity contribution in [1.82, 2.24) is 4.90 Å². The van der Waals surface area contributed by atoms with Crippen LogP contribution in [0.5, 0.6) is 0 Å². The van der Waals surface area contributed by atoms with Gasteiger partial charge in [0.2, 0.25) is 0 Å². The number of nitrogens with zero attached hydrogens (tertiary/aromatic N) is 1. The van der Waals surface area contributed by atoms with Gasteiger partial charge >= 0.3 is 0 Å². The lowest BCUT2D eigenvalue weighted by molar-refractivity contribution is -0.194. The molecular formula is C18H34BNO. The maximum absolute atomic E-state index is 5.69. The number of ether oxygens (including phenoxy) is 1. The summed E-state index contributed by atoms with van der Waals surface area (Å²) in [5, 5.41) is 0.506. The summed E-state index contributed by atoms with van der Waals surface area (Å²) in [6.45, 7) is 10.7. The van der Waals surface area contributed by atoms with Gasteiger partial charge in [-0.3, -0.25) is 4.90 Å². The van der Waals surface area contributed by atoms with Gasteiger partial charge in [-0.25, -0.2) is 0 Å². The predicted molar refractivity (Wildman–Crippen MR) is 91.6 cm³/mol. The van der Waals surface area contributed by atoms with Crippen LogP contribution in [-0.4, -0.2) is 45.1 Å². The number of rotatable bonds is 0. The van der Waals surface area contributed by atoms with E-state index in [-0.39, 0.29) is 0 Å². The summed E-state index contributed by atoms with van der Waals surface area (Å²) in [7, 11) is 4.82. The molecule has 1 saturated carbocycles. The van der Waals surface area contributed by atoms with Crippen LogP contribution < -0.4 is 0 Å². The Morgan fingerprint density at radius 3 is 2.48 bits per heavy atom. The van der Waals surface area contributed by atoms with Gasteiger partial charge in [0, 0.05) is 0 Å². The van der Waals surface area contributed by atoms with Crippen molar-refractivity contribution in [2.24, 2.45) is 17.3 Å².